The van der Waals surface area contributed by atoms with Crippen LogP contribution < -0.4 is 10.5 Å². The Morgan fingerprint density at radius 2 is 2.10 bits per heavy atom. The topological polar surface area (TPSA) is 85.1 Å². The van der Waals surface area contributed by atoms with Crippen LogP contribution in [0.5, 0.6) is 0 Å². The van der Waals surface area contributed by atoms with Gasteiger partial charge in [0.2, 0.25) is 0 Å². The first-order valence-electron chi connectivity index (χ1n) is 5.87. The van der Waals surface area contributed by atoms with Crippen molar-refractivity contribution in [3.63, 3.8) is 0 Å². The lowest BCUT2D eigenvalue weighted by atomic mass is 10.3. The van der Waals surface area contributed by atoms with Gasteiger partial charge in [-0.3, -0.25) is 4.72 Å². The van der Waals surface area contributed by atoms with Crippen LogP contribution in [0, 0.1) is 12.7 Å². The number of hydrogen-bond donors (Lipinski definition) is 2. The summed E-state index contributed by atoms with van der Waals surface area (Å²) in [6.07, 6.45) is 0.719. The fourth-order valence-corrected chi connectivity index (χ4v) is 3.91. The quantitative estimate of drug-likeness (QED) is 0.849. The number of sulfonamides is 1. The molecule has 0 aliphatic heterocycles. The number of halogens is 1. The summed E-state index contributed by atoms with van der Waals surface area (Å²) in [5.41, 5.74) is 6.34. The first-order chi connectivity index (χ1) is 9.31. The molecule has 20 heavy (non-hydrogen) atoms. The Morgan fingerprint density at radius 3 is 2.65 bits per heavy atom. The minimum atomic E-state index is -3.89. The number of rotatable bonds is 4. The highest BCUT2D eigenvalue weighted by Gasteiger charge is 2.18. The van der Waals surface area contributed by atoms with Crippen LogP contribution in [0.15, 0.2) is 23.1 Å². The van der Waals surface area contributed by atoms with Crippen LogP contribution in [-0.2, 0) is 16.4 Å². The number of benzene rings is 1. The minimum absolute atomic E-state index is 0.0509. The maximum atomic E-state index is 13.2. The monoisotopic (exact) mass is 315 g/mol. The molecular formula is C12H14FN3O2S2. The van der Waals surface area contributed by atoms with Gasteiger partial charge in [0.15, 0.2) is 5.13 Å². The fourth-order valence-electron chi connectivity index (χ4n) is 1.71. The fraction of sp³-hybridized carbons (Fsp3) is 0.250. The predicted molar refractivity (Wildman–Crippen MR) is 77.8 cm³/mol. The van der Waals surface area contributed by atoms with Crippen LogP contribution in [0.1, 0.15) is 17.5 Å². The molecule has 1 aromatic carbocycles. The molecule has 0 atom stereocenters. The second-order valence-electron chi connectivity index (χ2n) is 4.20. The van der Waals surface area contributed by atoms with E-state index in [1.807, 2.05) is 13.8 Å². The van der Waals surface area contributed by atoms with Crippen LogP contribution in [0.4, 0.5) is 15.2 Å². The standard InChI is InChI=1S/C12H14FN3O2S2/c1-3-11-7(2)19-12(15-11)16-20(17,18)10-5-8(13)4-9(14)6-10/h4-6H,3,14H2,1-2H3,(H,15,16). The number of nitrogens with two attached hydrogens (primary N) is 1. The number of nitrogen functional groups attached to an aromatic ring is 1. The number of aromatic nitrogens is 1. The lowest BCUT2D eigenvalue weighted by Gasteiger charge is -2.06. The van der Waals surface area contributed by atoms with Crippen LogP contribution in [-0.4, -0.2) is 13.4 Å². The van der Waals surface area contributed by atoms with Gasteiger partial charge in [-0.05, 0) is 31.5 Å². The van der Waals surface area contributed by atoms with Crippen molar-refractivity contribution in [1.82, 2.24) is 4.98 Å². The molecule has 0 saturated carbocycles. The van der Waals surface area contributed by atoms with Gasteiger partial charge in [0.1, 0.15) is 5.82 Å². The van der Waals surface area contributed by atoms with Crippen molar-refractivity contribution in [1.29, 1.82) is 0 Å². The van der Waals surface area contributed by atoms with E-state index in [2.05, 4.69) is 9.71 Å². The zero-order valence-corrected chi connectivity index (χ0v) is 12.6. The molecule has 0 unspecified atom stereocenters. The molecule has 3 N–H and O–H groups in total. The zero-order valence-electron chi connectivity index (χ0n) is 11.0. The van der Waals surface area contributed by atoms with Gasteiger partial charge in [-0.25, -0.2) is 17.8 Å². The molecule has 2 rings (SSSR count). The van der Waals surface area contributed by atoms with Gasteiger partial charge in [-0.15, -0.1) is 11.3 Å². The first-order valence-corrected chi connectivity index (χ1v) is 8.17. The highest BCUT2D eigenvalue weighted by molar-refractivity contribution is 7.93. The molecule has 0 radical (unpaired) electrons. The first kappa shape index (κ1) is 14.7. The van der Waals surface area contributed by atoms with Gasteiger partial charge in [-0.2, -0.15) is 0 Å². The summed E-state index contributed by atoms with van der Waals surface area (Å²) in [4.78, 5) is 4.91. The maximum Gasteiger partial charge on any atom is 0.263 e. The molecule has 0 amide bonds. The Bertz CT molecular complexity index is 721. The normalized spacial score (nSPS) is 11.6. The van der Waals surface area contributed by atoms with Crippen LogP contribution in [0.25, 0.3) is 0 Å². The number of thiazole rings is 1. The van der Waals surface area contributed by atoms with Gasteiger partial charge >= 0.3 is 0 Å². The Balaban J connectivity index is 2.35. The Morgan fingerprint density at radius 1 is 1.40 bits per heavy atom. The third-order valence-corrected chi connectivity index (χ3v) is 5.03. The summed E-state index contributed by atoms with van der Waals surface area (Å²) in [6.45, 7) is 3.81. The third kappa shape index (κ3) is 3.07. The zero-order chi connectivity index (χ0) is 14.9. The summed E-state index contributed by atoms with van der Waals surface area (Å²) in [7, 11) is -3.89. The van der Waals surface area contributed by atoms with Crippen molar-refractivity contribution in [2.45, 2.75) is 25.2 Å². The van der Waals surface area contributed by atoms with Gasteiger partial charge in [0.25, 0.3) is 10.0 Å². The number of nitrogens with one attached hydrogen (secondary N) is 1. The molecular weight excluding hydrogens is 301 g/mol. The van der Waals surface area contributed by atoms with Gasteiger partial charge in [-0.1, -0.05) is 6.92 Å². The van der Waals surface area contributed by atoms with Crippen LogP contribution in [0.2, 0.25) is 0 Å². The van der Waals surface area contributed by atoms with Crippen LogP contribution >= 0.6 is 11.3 Å². The number of nitrogens with zero attached hydrogens (tertiary/aromatic N) is 1. The van der Waals surface area contributed by atoms with E-state index in [9.17, 15) is 12.8 Å². The molecule has 0 saturated heterocycles. The Hall–Kier alpha value is -1.67. The third-order valence-electron chi connectivity index (χ3n) is 2.65. The number of hydrogen-bond acceptors (Lipinski definition) is 5. The molecule has 108 valence electrons. The van der Waals surface area contributed by atoms with Crippen molar-refractivity contribution >= 4 is 32.2 Å². The highest BCUT2D eigenvalue weighted by atomic mass is 32.2. The second-order valence-corrected chi connectivity index (χ2v) is 7.09. The molecule has 2 aromatic rings. The second kappa shape index (κ2) is 5.37. The summed E-state index contributed by atoms with van der Waals surface area (Å²) in [6, 6.07) is 3.17. The van der Waals surface area contributed by atoms with E-state index in [1.165, 1.54) is 17.4 Å². The highest BCUT2D eigenvalue weighted by Crippen LogP contribution is 2.25. The average Bonchev–Trinajstić information content (AvgIpc) is 2.67. The smallest absolute Gasteiger partial charge is 0.263 e. The molecule has 0 aliphatic carbocycles. The molecule has 0 spiro atoms. The maximum absolute atomic E-state index is 13.2. The van der Waals surface area contributed by atoms with Crippen molar-refractivity contribution in [2.75, 3.05) is 10.5 Å². The molecule has 1 aromatic heterocycles. The summed E-state index contributed by atoms with van der Waals surface area (Å²) >= 11 is 1.24. The van der Waals surface area contributed by atoms with Gasteiger partial charge < -0.3 is 5.73 Å². The van der Waals surface area contributed by atoms with E-state index in [-0.39, 0.29) is 15.7 Å². The van der Waals surface area contributed by atoms with Gasteiger partial charge in [0, 0.05) is 10.6 Å². The van der Waals surface area contributed by atoms with E-state index < -0.39 is 15.8 Å². The van der Waals surface area contributed by atoms with E-state index in [1.54, 1.807) is 0 Å². The predicted octanol–water partition coefficient (Wildman–Crippen LogP) is 2.54. The lowest BCUT2D eigenvalue weighted by Crippen LogP contribution is -2.13. The molecule has 0 aliphatic rings. The summed E-state index contributed by atoms with van der Waals surface area (Å²) in [5.74, 6) is -0.699. The Labute approximate surface area is 120 Å². The number of aryl methyl sites for hydroxylation is 2. The van der Waals surface area contributed by atoms with E-state index >= 15 is 0 Å². The average molecular weight is 315 g/mol. The van der Waals surface area contributed by atoms with Crippen molar-refractivity contribution in [3.05, 3.63) is 34.6 Å². The van der Waals surface area contributed by atoms with Crippen molar-refractivity contribution in [3.8, 4) is 0 Å². The largest absolute Gasteiger partial charge is 0.399 e. The molecule has 0 bridgehead atoms. The SMILES string of the molecule is CCc1nc(NS(=O)(=O)c2cc(N)cc(F)c2)sc1C. The minimum Gasteiger partial charge on any atom is -0.399 e. The van der Waals surface area contributed by atoms with Crippen molar-refractivity contribution in [2.24, 2.45) is 0 Å². The van der Waals surface area contributed by atoms with E-state index in [0.717, 1.165) is 29.1 Å². The van der Waals surface area contributed by atoms with E-state index in [4.69, 9.17) is 5.73 Å². The number of anilines is 2. The van der Waals surface area contributed by atoms with Gasteiger partial charge in [0.05, 0.1) is 10.6 Å². The van der Waals surface area contributed by atoms with Crippen molar-refractivity contribution < 1.29 is 12.8 Å². The Kier molecular flexibility index (Phi) is 3.96. The van der Waals surface area contributed by atoms with Crippen LogP contribution in [0.3, 0.4) is 0 Å². The molecule has 5 nitrogen and oxygen atoms in total. The molecule has 0 fully saturated rings. The molecule has 8 heteroatoms. The lowest BCUT2D eigenvalue weighted by molar-refractivity contribution is 0.595. The summed E-state index contributed by atoms with van der Waals surface area (Å²) in [5, 5.41) is 0.266. The van der Waals surface area contributed by atoms with E-state index in [0.29, 0.717) is 0 Å². The molecule has 1 heterocycles. The summed E-state index contributed by atoms with van der Waals surface area (Å²) < 4.78 is 39.9.